The smallest absolute Gasteiger partial charge is 0.297 e. The van der Waals surface area contributed by atoms with Crippen molar-refractivity contribution < 1.29 is 18.7 Å². The molecule has 2 aromatic carbocycles. The van der Waals surface area contributed by atoms with Crippen LogP contribution in [0, 0.1) is 6.92 Å². The quantitative estimate of drug-likeness (QED) is 0.287. The number of Topliss-reactive ketones (excluding diaryl/α,β-unsaturated/α-hetero) is 1. The molecule has 0 saturated heterocycles. The van der Waals surface area contributed by atoms with E-state index in [1.807, 2.05) is 0 Å². The van der Waals surface area contributed by atoms with Gasteiger partial charge >= 0.3 is 0 Å². The minimum Gasteiger partial charge on any atom is -0.490 e. The van der Waals surface area contributed by atoms with E-state index in [0.29, 0.717) is 44.6 Å². The van der Waals surface area contributed by atoms with Gasteiger partial charge in [-0.05, 0) is 36.8 Å². The molecule has 7 nitrogen and oxygen atoms in total. The molecule has 0 bridgehead atoms. The Labute approximate surface area is 198 Å². The highest BCUT2D eigenvalue weighted by atomic mass is 32.1. The SMILES string of the molecule is C=CCOc1ccc(C2c3c(oc4ccccc4c3=O)C(=O)N2c2nc(C)c(C(C)=O)s2)cc1. The van der Waals surface area contributed by atoms with Gasteiger partial charge in [0, 0.05) is 6.92 Å². The zero-order valence-corrected chi connectivity index (χ0v) is 19.3. The Morgan fingerprint density at radius 2 is 1.94 bits per heavy atom. The van der Waals surface area contributed by atoms with Crippen molar-refractivity contribution in [2.45, 2.75) is 19.9 Å². The molecule has 1 unspecified atom stereocenters. The van der Waals surface area contributed by atoms with E-state index in [0.717, 1.165) is 11.3 Å². The van der Waals surface area contributed by atoms with Crippen molar-refractivity contribution in [3.63, 3.8) is 0 Å². The molecule has 0 N–H and O–H groups in total. The summed E-state index contributed by atoms with van der Waals surface area (Å²) in [6, 6.07) is 13.2. The predicted molar refractivity (Wildman–Crippen MR) is 130 cm³/mol. The Morgan fingerprint density at radius 1 is 1.21 bits per heavy atom. The minimum absolute atomic E-state index is 0.0158. The van der Waals surface area contributed by atoms with Gasteiger partial charge in [-0.15, -0.1) is 0 Å². The van der Waals surface area contributed by atoms with E-state index in [1.165, 1.54) is 11.8 Å². The average molecular weight is 473 g/mol. The zero-order valence-electron chi connectivity index (χ0n) is 18.5. The molecule has 1 atom stereocenters. The van der Waals surface area contributed by atoms with Crippen LogP contribution in [0.4, 0.5) is 5.13 Å². The van der Waals surface area contributed by atoms with Gasteiger partial charge in [-0.2, -0.15) is 0 Å². The van der Waals surface area contributed by atoms with Crippen molar-refractivity contribution in [2.75, 3.05) is 11.5 Å². The maximum absolute atomic E-state index is 13.6. The second-order valence-corrected chi connectivity index (χ2v) is 8.86. The van der Waals surface area contributed by atoms with Gasteiger partial charge in [0.15, 0.2) is 16.3 Å². The van der Waals surface area contributed by atoms with E-state index in [1.54, 1.807) is 61.5 Å². The fourth-order valence-electron chi connectivity index (χ4n) is 4.15. The second kappa shape index (κ2) is 8.39. The van der Waals surface area contributed by atoms with Crippen molar-refractivity contribution in [3.05, 3.63) is 98.9 Å². The van der Waals surface area contributed by atoms with Crippen LogP contribution in [0.2, 0.25) is 0 Å². The number of nitrogens with zero attached hydrogens (tertiary/aromatic N) is 2. The summed E-state index contributed by atoms with van der Waals surface area (Å²) in [5.41, 5.74) is 1.55. The number of anilines is 1. The highest BCUT2D eigenvalue weighted by molar-refractivity contribution is 7.17. The summed E-state index contributed by atoms with van der Waals surface area (Å²) in [7, 11) is 0. The maximum Gasteiger partial charge on any atom is 0.297 e. The summed E-state index contributed by atoms with van der Waals surface area (Å²) in [5.74, 6) is 0.0106. The van der Waals surface area contributed by atoms with Crippen LogP contribution in [0.1, 0.15) is 50.0 Å². The van der Waals surface area contributed by atoms with Gasteiger partial charge in [-0.25, -0.2) is 4.98 Å². The van der Waals surface area contributed by atoms with Crippen molar-refractivity contribution in [3.8, 4) is 5.75 Å². The van der Waals surface area contributed by atoms with E-state index in [4.69, 9.17) is 9.15 Å². The first-order valence-electron chi connectivity index (χ1n) is 10.6. The number of fused-ring (bicyclic) bond motifs is 2. The fraction of sp³-hybridized carbons (Fsp3) is 0.154. The predicted octanol–water partition coefficient (Wildman–Crippen LogP) is 5.08. The van der Waals surface area contributed by atoms with E-state index < -0.39 is 11.9 Å². The zero-order chi connectivity index (χ0) is 24.0. The van der Waals surface area contributed by atoms with Gasteiger partial charge in [0.25, 0.3) is 5.91 Å². The first kappa shape index (κ1) is 21.8. The molecular formula is C26H20N2O5S. The van der Waals surface area contributed by atoms with Crippen LogP contribution >= 0.6 is 11.3 Å². The Kier molecular flexibility index (Phi) is 5.37. The number of thiazole rings is 1. The fourth-order valence-corrected chi connectivity index (χ4v) is 5.13. The lowest BCUT2D eigenvalue weighted by Crippen LogP contribution is -2.29. The molecule has 0 spiro atoms. The number of ether oxygens (including phenoxy) is 1. The van der Waals surface area contributed by atoms with Crippen molar-refractivity contribution in [1.29, 1.82) is 0 Å². The van der Waals surface area contributed by atoms with Gasteiger partial charge in [-0.1, -0.05) is 48.3 Å². The lowest BCUT2D eigenvalue weighted by Gasteiger charge is -2.22. The number of ketones is 1. The van der Waals surface area contributed by atoms with Crippen molar-refractivity contribution in [1.82, 2.24) is 4.98 Å². The molecule has 5 rings (SSSR count). The van der Waals surface area contributed by atoms with Crippen molar-refractivity contribution >= 4 is 39.1 Å². The molecule has 1 aliphatic rings. The van der Waals surface area contributed by atoms with Crippen LogP contribution in [-0.4, -0.2) is 23.3 Å². The van der Waals surface area contributed by atoms with Gasteiger partial charge in [0.1, 0.15) is 17.9 Å². The normalized spacial score (nSPS) is 14.9. The van der Waals surface area contributed by atoms with Crippen LogP contribution in [0.15, 0.2) is 70.4 Å². The highest BCUT2D eigenvalue weighted by Gasteiger charge is 2.45. The third kappa shape index (κ3) is 3.43. The van der Waals surface area contributed by atoms with E-state index in [-0.39, 0.29) is 22.5 Å². The monoisotopic (exact) mass is 472 g/mol. The van der Waals surface area contributed by atoms with E-state index in [2.05, 4.69) is 11.6 Å². The van der Waals surface area contributed by atoms with Crippen LogP contribution in [0.3, 0.4) is 0 Å². The number of hydrogen-bond acceptors (Lipinski definition) is 7. The Morgan fingerprint density at radius 3 is 2.62 bits per heavy atom. The summed E-state index contributed by atoms with van der Waals surface area (Å²) in [4.78, 5) is 45.7. The highest BCUT2D eigenvalue weighted by Crippen LogP contribution is 2.43. The van der Waals surface area contributed by atoms with Crippen LogP contribution < -0.4 is 15.1 Å². The van der Waals surface area contributed by atoms with Gasteiger partial charge in [-0.3, -0.25) is 19.3 Å². The summed E-state index contributed by atoms with van der Waals surface area (Å²) in [6.45, 7) is 7.19. The minimum atomic E-state index is -0.762. The molecule has 0 radical (unpaired) electrons. The number of aryl methyl sites for hydroxylation is 1. The molecule has 0 fully saturated rings. The molecule has 8 heteroatoms. The van der Waals surface area contributed by atoms with Crippen LogP contribution in [0.5, 0.6) is 5.75 Å². The maximum atomic E-state index is 13.6. The first-order valence-corrected chi connectivity index (χ1v) is 11.4. The number of benzene rings is 2. The topological polar surface area (TPSA) is 89.7 Å². The number of carbonyl (C=O) groups excluding carboxylic acids is 2. The third-order valence-electron chi connectivity index (χ3n) is 5.65. The number of para-hydroxylation sites is 1. The number of amides is 1. The van der Waals surface area contributed by atoms with Crippen LogP contribution in [0.25, 0.3) is 11.0 Å². The Balaban J connectivity index is 1.72. The first-order chi connectivity index (χ1) is 16.4. The summed E-state index contributed by atoms with van der Waals surface area (Å²) in [5, 5.41) is 0.728. The molecule has 34 heavy (non-hydrogen) atoms. The number of carbonyl (C=O) groups is 2. The second-order valence-electron chi connectivity index (χ2n) is 7.88. The molecular weight excluding hydrogens is 452 g/mol. The number of hydrogen-bond donors (Lipinski definition) is 0. The average Bonchev–Trinajstić information content (AvgIpc) is 3.36. The van der Waals surface area contributed by atoms with E-state index in [9.17, 15) is 14.4 Å². The number of aromatic nitrogens is 1. The molecule has 1 aliphatic heterocycles. The van der Waals surface area contributed by atoms with Crippen molar-refractivity contribution in [2.24, 2.45) is 0 Å². The Bertz CT molecular complexity index is 1520. The molecule has 1 amide bonds. The summed E-state index contributed by atoms with van der Waals surface area (Å²) >= 11 is 1.13. The molecule has 2 aromatic heterocycles. The molecule has 170 valence electrons. The van der Waals surface area contributed by atoms with Gasteiger partial charge in [0.05, 0.1) is 27.6 Å². The summed E-state index contributed by atoms with van der Waals surface area (Å²) < 4.78 is 11.5. The molecule has 0 aliphatic carbocycles. The molecule has 0 saturated carbocycles. The summed E-state index contributed by atoms with van der Waals surface area (Å²) in [6.07, 6.45) is 1.65. The standard InChI is InChI=1S/C26H20N2O5S/c1-4-13-32-17-11-9-16(10-12-17)21-20-22(30)18-7-5-6-8-19(18)33-23(20)25(31)28(21)26-27-14(2)24(34-26)15(3)29/h4-12,21H,1,13H2,2-3H3. The van der Waals surface area contributed by atoms with E-state index >= 15 is 0 Å². The Hall–Kier alpha value is -4.04. The number of rotatable bonds is 6. The lowest BCUT2D eigenvalue weighted by atomic mass is 9.98. The largest absolute Gasteiger partial charge is 0.490 e. The van der Waals surface area contributed by atoms with Gasteiger partial charge in [0.2, 0.25) is 5.76 Å². The molecule has 4 aromatic rings. The van der Waals surface area contributed by atoms with Crippen LogP contribution in [-0.2, 0) is 0 Å². The molecule has 3 heterocycles. The lowest BCUT2D eigenvalue weighted by molar-refractivity contribution is 0.0969. The van der Waals surface area contributed by atoms with Gasteiger partial charge < -0.3 is 9.15 Å². The third-order valence-corrected chi connectivity index (χ3v) is 6.91.